The monoisotopic (exact) mass is 470 g/mol. The van der Waals surface area contributed by atoms with Crippen molar-refractivity contribution in [3.8, 4) is 0 Å². The summed E-state index contributed by atoms with van der Waals surface area (Å²) in [7, 11) is 0. The fraction of sp³-hybridized carbons (Fsp3) is 0.276. The van der Waals surface area contributed by atoms with Gasteiger partial charge in [-0.3, -0.25) is 14.5 Å². The molecule has 0 radical (unpaired) electrons. The predicted molar refractivity (Wildman–Crippen MR) is 137 cm³/mol. The summed E-state index contributed by atoms with van der Waals surface area (Å²) in [6, 6.07) is 19.5. The van der Waals surface area contributed by atoms with Gasteiger partial charge in [0, 0.05) is 17.7 Å². The number of fused-ring (bicyclic) bond motifs is 1. The van der Waals surface area contributed by atoms with Crippen LogP contribution in [0.25, 0.3) is 0 Å². The largest absolute Gasteiger partial charge is 0.449 e. The molecular weight excluding hydrogens is 440 g/mol. The summed E-state index contributed by atoms with van der Waals surface area (Å²) in [5.74, 6) is -0.469. The molecule has 0 spiro atoms. The Hall–Kier alpha value is -3.93. The lowest BCUT2D eigenvalue weighted by atomic mass is 9.95. The lowest BCUT2D eigenvalue weighted by Gasteiger charge is -2.42. The summed E-state index contributed by atoms with van der Waals surface area (Å²) in [5, 5.41) is 0. The van der Waals surface area contributed by atoms with Crippen LogP contribution >= 0.6 is 0 Å². The van der Waals surface area contributed by atoms with Gasteiger partial charge in [0.15, 0.2) is 5.78 Å². The van der Waals surface area contributed by atoms with Gasteiger partial charge in [-0.05, 0) is 56.5 Å². The highest BCUT2D eigenvalue weighted by atomic mass is 16.6. The standard InChI is InChI=1S/C29H30N2O4/c1-5-22-18-30(25-16-19(3)20(4)17-26(25)31(22)29(34)35-6-2)28(33)24-15-11-10-14-23(24)27(32)21-12-8-7-9-13-21/h7-17,22H,5-6,18H2,1-4H3. The number of ether oxygens (including phenoxy) is 1. The third kappa shape index (κ3) is 4.56. The maximum absolute atomic E-state index is 14.0. The second-order valence-electron chi connectivity index (χ2n) is 8.71. The molecule has 1 atom stereocenters. The van der Waals surface area contributed by atoms with E-state index in [0.29, 0.717) is 41.0 Å². The molecule has 3 aromatic rings. The molecular formula is C29H30N2O4. The lowest BCUT2D eigenvalue weighted by Crippen LogP contribution is -2.53. The first-order chi connectivity index (χ1) is 16.9. The molecule has 0 aliphatic carbocycles. The van der Waals surface area contributed by atoms with E-state index in [1.165, 1.54) is 0 Å². The summed E-state index contributed by atoms with van der Waals surface area (Å²) in [6.07, 6.45) is 0.218. The minimum Gasteiger partial charge on any atom is -0.449 e. The molecule has 2 amide bonds. The molecule has 35 heavy (non-hydrogen) atoms. The van der Waals surface area contributed by atoms with Crippen LogP contribution in [0.1, 0.15) is 57.7 Å². The number of aryl methyl sites for hydroxylation is 2. The van der Waals surface area contributed by atoms with Gasteiger partial charge in [0.1, 0.15) is 0 Å². The molecule has 0 saturated heterocycles. The van der Waals surface area contributed by atoms with Crippen molar-refractivity contribution in [1.82, 2.24) is 0 Å². The third-order valence-corrected chi connectivity index (χ3v) is 6.52. The molecule has 1 aliphatic heterocycles. The SMILES string of the molecule is CCOC(=O)N1c2cc(C)c(C)cc2N(C(=O)c2ccccc2C(=O)c2ccccc2)CC1CC. The summed E-state index contributed by atoms with van der Waals surface area (Å²) in [4.78, 5) is 43.6. The van der Waals surface area contributed by atoms with Gasteiger partial charge in [0.2, 0.25) is 0 Å². The van der Waals surface area contributed by atoms with Crippen molar-refractivity contribution >= 4 is 29.2 Å². The highest BCUT2D eigenvalue weighted by molar-refractivity contribution is 6.19. The van der Waals surface area contributed by atoms with E-state index in [1.54, 1.807) is 65.3 Å². The number of ketones is 1. The first-order valence-electron chi connectivity index (χ1n) is 11.9. The number of nitrogens with zero attached hydrogens (tertiary/aromatic N) is 2. The molecule has 4 rings (SSSR count). The van der Waals surface area contributed by atoms with Crippen molar-refractivity contribution in [2.24, 2.45) is 0 Å². The van der Waals surface area contributed by atoms with Crippen LogP contribution in [0.3, 0.4) is 0 Å². The Balaban J connectivity index is 1.82. The Kier molecular flexibility index (Phi) is 7.01. The third-order valence-electron chi connectivity index (χ3n) is 6.52. The fourth-order valence-electron chi connectivity index (χ4n) is 4.48. The van der Waals surface area contributed by atoms with Crippen molar-refractivity contribution in [3.05, 3.63) is 94.5 Å². The molecule has 180 valence electrons. The van der Waals surface area contributed by atoms with Crippen LogP contribution in [-0.2, 0) is 4.74 Å². The van der Waals surface area contributed by atoms with Gasteiger partial charge < -0.3 is 9.64 Å². The first kappa shape index (κ1) is 24.2. The maximum atomic E-state index is 14.0. The maximum Gasteiger partial charge on any atom is 0.414 e. The highest BCUT2D eigenvalue weighted by Crippen LogP contribution is 2.40. The minimum absolute atomic E-state index is 0.202. The Morgan fingerprint density at radius 1 is 0.857 bits per heavy atom. The molecule has 6 nitrogen and oxygen atoms in total. The van der Waals surface area contributed by atoms with E-state index >= 15 is 0 Å². The Morgan fingerprint density at radius 2 is 1.46 bits per heavy atom. The van der Waals surface area contributed by atoms with Crippen LogP contribution in [0.2, 0.25) is 0 Å². The van der Waals surface area contributed by atoms with Crippen LogP contribution in [0.4, 0.5) is 16.2 Å². The molecule has 1 unspecified atom stereocenters. The lowest BCUT2D eigenvalue weighted by molar-refractivity contribution is 0.0967. The molecule has 1 aliphatic rings. The molecule has 0 bridgehead atoms. The number of benzene rings is 3. The highest BCUT2D eigenvalue weighted by Gasteiger charge is 2.38. The van der Waals surface area contributed by atoms with Gasteiger partial charge in [-0.25, -0.2) is 4.79 Å². The Labute approximate surface area is 206 Å². The van der Waals surface area contributed by atoms with Gasteiger partial charge in [-0.1, -0.05) is 55.5 Å². The van der Waals surface area contributed by atoms with Gasteiger partial charge in [0.05, 0.1) is 29.6 Å². The topological polar surface area (TPSA) is 66.9 Å². The fourth-order valence-corrected chi connectivity index (χ4v) is 4.48. The number of rotatable bonds is 5. The van der Waals surface area contributed by atoms with E-state index in [9.17, 15) is 14.4 Å². The van der Waals surface area contributed by atoms with E-state index in [1.807, 2.05) is 39.0 Å². The summed E-state index contributed by atoms with van der Waals surface area (Å²) in [6.45, 7) is 8.29. The van der Waals surface area contributed by atoms with Crippen molar-refractivity contribution in [1.29, 1.82) is 0 Å². The second kappa shape index (κ2) is 10.1. The van der Waals surface area contributed by atoms with E-state index in [4.69, 9.17) is 4.74 Å². The number of carbonyl (C=O) groups is 3. The van der Waals surface area contributed by atoms with E-state index in [2.05, 4.69) is 0 Å². The zero-order chi connectivity index (χ0) is 25.1. The van der Waals surface area contributed by atoms with E-state index in [-0.39, 0.29) is 24.3 Å². The average Bonchev–Trinajstić information content (AvgIpc) is 2.88. The Bertz CT molecular complexity index is 1270. The van der Waals surface area contributed by atoms with Crippen LogP contribution < -0.4 is 9.80 Å². The molecule has 0 aromatic heterocycles. The molecule has 0 saturated carbocycles. The second-order valence-corrected chi connectivity index (χ2v) is 8.71. The van der Waals surface area contributed by atoms with Crippen LogP contribution in [0.5, 0.6) is 0 Å². The summed E-state index contributed by atoms with van der Waals surface area (Å²) < 4.78 is 5.36. The molecule has 6 heteroatoms. The van der Waals surface area contributed by atoms with E-state index < -0.39 is 6.09 Å². The smallest absolute Gasteiger partial charge is 0.414 e. The average molecular weight is 471 g/mol. The molecule has 0 fully saturated rings. The van der Waals surface area contributed by atoms with Gasteiger partial charge >= 0.3 is 6.09 Å². The number of hydrogen-bond acceptors (Lipinski definition) is 4. The van der Waals surface area contributed by atoms with Crippen LogP contribution in [0.15, 0.2) is 66.7 Å². The van der Waals surface area contributed by atoms with Crippen molar-refractivity contribution in [3.63, 3.8) is 0 Å². The molecule has 3 aromatic carbocycles. The summed E-state index contributed by atoms with van der Waals surface area (Å²) >= 11 is 0. The normalized spacial score (nSPS) is 14.9. The zero-order valence-corrected chi connectivity index (χ0v) is 20.6. The predicted octanol–water partition coefficient (Wildman–Crippen LogP) is 5.94. The number of amides is 2. The van der Waals surface area contributed by atoms with E-state index in [0.717, 1.165) is 11.1 Å². The van der Waals surface area contributed by atoms with Gasteiger partial charge in [-0.2, -0.15) is 0 Å². The first-order valence-corrected chi connectivity index (χ1v) is 11.9. The number of hydrogen-bond donors (Lipinski definition) is 0. The van der Waals surface area contributed by atoms with Gasteiger partial charge in [0.25, 0.3) is 5.91 Å². The van der Waals surface area contributed by atoms with Crippen LogP contribution in [0, 0.1) is 13.8 Å². The quantitative estimate of drug-likeness (QED) is 0.433. The minimum atomic E-state index is -0.421. The number of carbonyl (C=O) groups excluding carboxylic acids is 3. The molecule has 1 heterocycles. The Morgan fingerprint density at radius 3 is 2.09 bits per heavy atom. The zero-order valence-electron chi connectivity index (χ0n) is 20.6. The van der Waals surface area contributed by atoms with Crippen molar-refractivity contribution in [2.75, 3.05) is 23.0 Å². The van der Waals surface area contributed by atoms with Crippen molar-refractivity contribution in [2.45, 2.75) is 40.2 Å². The molecule has 0 N–H and O–H groups in total. The summed E-state index contributed by atoms with van der Waals surface area (Å²) in [5.41, 5.74) is 4.52. The number of anilines is 2. The van der Waals surface area contributed by atoms with Crippen molar-refractivity contribution < 1.29 is 19.1 Å². The van der Waals surface area contributed by atoms with Gasteiger partial charge in [-0.15, -0.1) is 0 Å². The van der Waals surface area contributed by atoms with Crippen LogP contribution in [-0.4, -0.2) is 37.0 Å².